The number of rotatable bonds is 0. The molecular weight excluding hydrogens is 124 g/mol. The molecule has 1 rings (SSSR count). The molecule has 0 saturated carbocycles. The Morgan fingerprint density at radius 3 is 1.70 bits per heavy atom. The Morgan fingerprint density at radius 1 is 0.900 bits per heavy atom. The van der Waals surface area contributed by atoms with Gasteiger partial charge < -0.3 is 10.6 Å². The third kappa shape index (κ3) is 2.67. The largest absolute Gasteiger partial charge is 0.314 e. The third-order valence-electron chi connectivity index (χ3n) is 2.14. The van der Waals surface area contributed by atoms with Gasteiger partial charge in [0.05, 0.1) is 0 Å². The molecule has 1 saturated heterocycles. The molecule has 0 aliphatic carbocycles. The van der Waals surface area contributed by atoms with E-state index in [0.29, 0.717) is 12.1 Å². The monoisotopic (exact) mass is 142 g/mol. The van der Waals surface area contributed by atoms with Crippen LogP contribution in [-0.4, -0.2) is 25.2 Å². The molecule has 1 aliphatic heterocycles. The molecule has 0 aromatic heterocycles. The standard InChI is InChI=1S/C8H18N2/c1-7-3-5-10-8(2)4-6-9-7/h7-10H,3-6H2,1-2H3. The van der Waals surface area contributed by atoms with Crippen molar-refractivity contribution < 1.29 is 0 Å². The van der Waals surface area contributed by atoms with Crippen LogP contribution in [0.25, 0.3) is 0 Å². The molecule has 2 N–H and O–H groups in total. The summed E-state index contributed by atoms with van der Waals surface area (Å²) in [7, 11) is 0. The highest BCUT2D eigenvalue weighted by molar-refractivity contribution is 4.71. The summed E-state index contributed by atoms with van der Waals surface area (Å²) >= 11 is 0. The molecule has 0 amide bonds. The molecule has 60 valence electrons. The quantitative estimate of drug-likeness (QED) is 0.521. The lowest BCUT2D eigenvalue weighted by molar-refractivity contribution is 0.399. The van der Waals surface area contributed by atoms with E-state index in [1.807, 2.05) is 0 Å². The molecule has 0 spiro atoms. The van der Waals surface area contributed by atoms with Crippen LogP contribution in [0.2, 0.25) is 0 Å². The minimum atomic E-state index is 0.694. The smallest absolute Gasteiger partial charge is 0.00508 e. The molecule has 2 unspecified atom stereocenters. The summed E-state index contributed by atoms with van der Waals surface area (Å²) in [5.41, 5.74) is 0. The maximum Gasteiger partial charge on any atom is 0.00508 e. The van der Waals surface area contributed by atoms with Crippen molar-refractivity contribution in [1.82, 2.24) is 10.6 Å². The zero-order chi connectivity index (χ0) is 7.40. The van der Waals surface area contributed by atoms with Crippen molar-refractivity contribution >= 4 is 0 Å². The fourth-order valence-corrected chi connectivity index (χ4v) is 1.30. The Balaban J connectivity index is 2.21. The molecule has 0 bridgehead atoms. The van der Waals surface area contributed by atoms with Crippen molar-refractivity contribution in [2.45, 2.75) is 38.8 Å². The number of hydrogen-bond donors (Lipinski definition) is 2. The van der Waals surface area contributed by atoms with Crippen LogP contribution in [0.15, 0.2) is 0 Å². The molecule has 0 aromatic rings. The molecule has 0 radical (unpaired) electrons. The van der Waals surface area contributed by atoms with Gasteiger partial charge in [0.2, 0.25) is 0 Å². The highest BCUT2D eigenvalue weighted by Crippen LogP contribution is 1.97. The van der Waals surface area contributed by atoms with Crippen LogP contribution in [0, 0.1) is 0 Å². The Labute approximate surface area is 63.4 Å². The van der Waals surface area contributed by atoms with Crippen LogP contribution in [0.1, 0.15) is 26.7 Å². The lowest BCUT2D eigenvalue weighted by Gasteiger charge is -2.22. The molecule has 2 atom stereocenters. The van der Waals surface area contributed by atoms with E-state index >= 15 is 0 Å². The van der Waals surface area contributed by atoms with Gasteiger partial charge in [-0.05, 0) is 39.8 Å². The first-order valence-electron chi connectivity index (χ1n) is 4.26. The summed E-state index contributed by atoms with van der Waals surface area (Å²) in [4.78, 5) is 0. The average molecular weight is 142 g/mol. The summed E-state index contributed by atoms with van der Waals surface area (Å²) in [6, 6.07) is 1.39. The van der Waals surface area contributed by atoms with E-state index < -0.39 is 0 Å². The maximum absolute atomic E-state index is 3.47. The summed E-state index contributed by atoms with van der Waals surface area (Å²) in [5, 5.41) is 6.95. The highest BCUT2D eigenvalue weighted by atomic mass is 15.0. The molecular formula is C8H18N2. The van der Waals surface area contributed by atoms with Crippen LogP contribution in [0.3, 0.4) is 0 Å². The van der Waals surface area contributed by atoms with E-state index in [4.69, 9.17) is 0 Å². The molecule has 0 aromatic carbocycles. The van der Waals surface area contributed by atoms with Gasteiger partial charge >= 0.3 is 0 Å². The first-order chi connectivity index (χ1) is 4.79. The molecule has 2 heteroatoms. The predicted molar refractivity (Wildman–Crippen MR) is 44.2 cm³/mol. The van der Waals surface area contributed by atoms with Crippen LogP contribution in [0.5, 0.6) is 0 Å². The van der Waals surface area contributed by atoms with Crippen molar-refractivity contribution in [3.05, 3.63) is 0 Å². The average Bonchev–Trinajstić information content (AvgIpc) is 1.84. The number of nitrogens with one attached hydrogen (secondary N) is 2. The first-order valence-corrected chi connectivity index (χ1v) is 4.26. The molecule has 10 heavy (non-hydrogen) atoms. The van der Waals surface area contributed by atoms with Crippen LogP contribution >= 0.6 is 0 Å². The SMILES string of the molecule is CC1CCNC(C)CCN1. The van der Waals surface area contributed by atoms with Crippen molar-refractivity contribution in [1.29, 1.82) is 0 Å². The summed E-state index contributed by atoms with van der Waals surface area (Å²) in [6.07, 6.45) is 2.51. The van der Waals surface area contributed by atoms with Gasteiger partial charge in [-0.1, -0.05) is 0 Å². The van der Waals surface area contributed by atoms with E-state index in [-0.39, 0.29) is 0 Å². The van der Waals surface area contributed by atoms with Crippen molar-refractivity contribution in [3.63, 3.8) is 0 Å². The van der Waals surface area contributed by atoms with Crippen LogP contribution < -0.4 is 10.6 Å². The lowest BCUT2D eigenvalue weighted by Crippen LogP contribution is -2.39. The fraction of sp³-hybridized carbons (Fsp3) is 1.00. The lowest BCUT2D eigenvalue weighted by atomic mass is 10.1. The zero-order valence-electron chi connectivity index (χ0n) is 6.98. The van der Waals surface area contributed by atoms with Crippen LogP contribution in [-0.2, 0) is 0 Å². The summed E-state index contributed by atoms with van der Waals surface area (Å²) < 4.78 is 0. The van der Waals surface area contributed by atoms with E-state index in [2.05, 4.69) is 24.5 Å². The summed E-state index contributed by atoms with van der Waals surface area (Å²) in [6.45, 7) is 6.82. The topological polar surface area (TPSA) is 24.1 Å². The van der Waals surface area contributed by atoms with Gasteiger partial charge in [-0.2, -0.15) is 0 Å². The van der Waals surface area contributed by atoms with Gasteiger partial charge in [0.25, 0.3) is 0 Å². The third-order valence-corrected chi connectivity index (χ3v) is 2.14. The van der Waals surface area contributed by atoms with Crippen LogP contribution in [0.4, 0.5) is 0 Å². The minimum absolute atomic E-state index is 0.694. The van der Waals surface area contributed by atoms with Crippen molar-refractivity contribution in [2.75, 3.05) is 13.1 Å². The van der Waals surface area contributed by atoms with Gasteiger partial charge in [0, 0.05) is 12.1 Å². The van der Waals surface area contributed by atoms with Gasteiger partial charge in [-0.25, -0.2) is 0 Å². The van der Waals surface area contributed by atoms with E-state index in [1.165, 1.54) is 12.8 Å². The second-order valence-corrected chi connectivity index (χ2v) is 3.29. The normalized spacial score (nSPS) is 36.6. The van der Waals surface area contributed by atoms with Crippen molar-refractivity contribution in [3.8, 4) is 0 Å². The second kappa shape index (κ2) is 3.94. The van der Waals surface area contributed by atoms with E-state index in [1.54, 1.807) is 0 Å². The van der Waals surface area contributed by atoms with E-state index in [9.17, 15) is 0 Å². The first kappa shape index (κ1) is 8.02. The van der Waals surface area contributed by atoms with Gasteiger partial charge in [-0.15, -0.1) is 0 Å². The molecule has 2 nitrogen and oxygen atoms in total. The Hall–Kier alpha value is -0.0800. The Bertz CT molecular complexity index is 73.3. The zero-order valence-corrected chi connectivity index (χ0v) is 6.98. The molecule has 1 fully saturated rings. The second-order valence-electron chi connectivity index (χ2n) is 3.29. The van der Waals surface area contributed by atoms with Gasteiger partial charge in [0.15, 0.2) is 0 Å². The fourth-order valence-electron chi connectivity index (χ4n) is 1.30. The minimum Gasteiger partial charge on any atom is -0.314 e. The molecule has 1 aliphatic rings. The van der Waals surface area contributed by atoms with Gasteiger partial charge in [0.1, 0.15) is 0 Å². The predicted octanol–water partition coefficient (Wildman–Crippen LogP) is 0.736. The Morgan fingerprint density at radius 2 is 1.30 bits per heavy atom. The summed E-state index contributed by atoms with van der Waals surface area (Å²) in [5.74, 6) is 0. The maximum atomic E-state index is 3.47. The number of hydrogen-bond acceptors (Lipinski definition) is 2. The van der Waals surface area contributed by atoms with Gasteiger partial charge in [-0.3, -0.25) is 0 Å². The highest BCUT2D eigenvalue weighted by Gasteiger charge is 2.07. The Kier molecular flexibility index (Phi) is 3.16. The molecule has 1 heterocycles. The van der Waals surface area contributed by atoms with E-state index in [0.717, 1.165) is 13.1 Å². The van der Waals surface area contributed by atoms with Crippen molar-refractivity contribution in [2.24, 2.45) is 0 Å².